The molecule has 0 bridgehead atoms. The van der Waals surface area contributed by atoms with Gasteiger partial charge >= 0.3 is 0 Å². The predicted octanol–water partition coefficient (Wildman–Crippen LogP) is 2.38. The maximum absolute atomic E-state index is 12.2. The second kappa shape index (κ2) is 6.96. The molecule has 7 heteroatoms. The molecule has 0 spiro atoms. The summed E-state index contributed by atoms with van der Waals surface area (Å²) < 4.78 is 10.6. The third-order valence-corrected chi connectivity index (χ3v) is 4.36. The van der Waals surface area contributed by atoms with Crippen LogP contribution >= 0.6 is 0 Å². The van der Waals surface area contributed by atoms with E-state index in [4.69, 9.17) is 9.47 Å². The van der Waals surface area contributed by atoms with Gasteiger partial charge in [0.1, 0.15) is 0 Å². The molecule has 1 amide bonds. The van der Waals surface area contributed by atoms with Crippen LogP contribution in [0.15, 0.2) is 30.6 Å². The molecule has 3 heterocycles. The first-order valence-electron chi connectivity index (χ1n) is 8.53. The minimum absolute atomic E-state index is 0.117. The van der Waals surface area contributed by atoms with Crippen molar-refractivity contribution in [3.63, 3.8) is 0 Å². The van der Waals surface area contributed by atoms with Crippen molar-refractivity contribution in [1.29, 1.82) is 0 Å². The lowest BCUT2D eigenvalue weighted by Crippen LogP contribution is -2.30. The Balaban J connectivity index is 1.35. The summed E-state index contributed by atoms with van der Waals surface area (Å²) in [4.78, 5) is 23.1. The first-order valence-corrected chi connectivity index (χ1v) is 8.53. The van der Waals surface area contributed by atoms with Crippen LogP contribution in [0.1, 0.15) is 24.8 Å². The number of amides is 1. The van der Waals surface area contributed by atoms with Crippen molar-refractivity contribution >= 4 is 17.5 Å². The van der Waals surface area contributed by atoms with E-state index in [9.17, 15) is 4.79 Å². The van der Waals surface area contributed by atoms with Gasteiger partial charge in [-0.1, -0.05) is 6.07 Å². The summed E-state index contributed by atoms with van der Waals surface area (Å²) in [6, 6.07) is 5.52. The highest BCUT2D eigenvalue weighted by Crippen LogP contribution is 2.32. The van der Waals surface area contributed by atoms with E-state index < -0.39 is 0 Å². The molecule has 1 aromatic heterocycles. The normalized spacial score (nSPS) is 15.9. The fraction of sp³-hybridized carbons (Fsp3) is 0.389. The molecule has 0 atom stereocenters. The van der Waals surface area contributed by atoms with Gasteiger partial charge in [-0.15, -0.1) is 0 Å². The molecule has 1 saturated heterocycles. The summed E-state index contributed by atoms with van der Waals surface area (Å²) in [5, 5.41) is 2.83. The Labute approximate surface area is 146 Å². The van der Waals surface area contributed by atoms with Crippen LogP contribution in [0.4, 0.5) is 11.6 Å². The van der Waals surface area contributed by atoms with Crippen molar-refractivity contribution < 1.29 is 14.3 Å². The number of aromatic nitrogens is 2. The van der Waals surface area contributed by atoms with E-state index in [0.29, 0.717) is 17.2 Å². The topological polar surface area (TPSA) is 76.6 Å². The van der Waals surface area contributed by atoms with Gasteiger partial charge in [-0.3, -0.25) is 4.79 Å². The number of nitrogens with zero attached hydrogens (tertiary/aromatic N) is 3. The first kappa shape index (κ1) is 15.7. The van der Waals surface area contributed by atoms with E-state index in [2.05, 4.69) is 20.2 Å². The Kier molecular flexibility index (Phi) is 4.37. The molecule has 2 aliphatic rings. The molecule has 1 N–H and O–H groups in total. The molecule has 0 unspecified atom stereocenters. The Morgan fingerprint density at radius 2 is 1.84 bits per heavy atom. The number of carbonyl (C=O) groups excluding carboxylic acids is 1. The van der Waals surface area contributed by atoms with E-state index in [1.54, 1.807) is 12.4 Å². The molecule has 4 rings (SSSR count). The number of piperidine rings is 1. The van der Waals surface area contributed by atoms with Crippen LogP contribution in [0.2, 0.25) is 0 Å². The third-order valence-electron chi connectivity index (χ3n) is 4.36. The molecule has 1 aromatic carbocycles. The van der Waals surface area contributed by atoms with Crippen LogP contribution < -0.4 is 19.7 Å². The van der Waals surface area contributed by atoms with Gasteiger partial charge in [0.2, 0.25) is 18.6 Å². The average molecular weight is 340 g/mol. The minimum atomic E-state index is -0.117. The number of nitrogens with one attached hydrogen (secondary N) is 1. The van der Waals surface area contributed by atoms with E-state index in [1.165, 1.54) is 19.3 Å². The molecule has 0 saturated carbocycles. The number of anilines is 2. The zero-order chi connectivity index (χ0) is 17.1. The fourth-order valence-corrected chi connectivity index (χ4v) is 3.08. The molecule has 7 nitrogen and oxygen atoms in total. The lowest BCUT2D eigenvalue weighted by molar-refractivity contribution is -0.115. The van der Waals surface area contributed by atoms with Crippen molar-refractivity contribution in [2.75, 3.05) is 30.1 Å². The van der Waals surface area contributed by atoms with Gasteiger partial charge in [-0.2, -0.15) is 0 Å². The highest BCUT2D eigenvalue weighted by Gasteiger charge is 2.15. The van der Waals surface area contributed by atoms with Crippen molar-refractivity contribution in [3.8, 4) is 11.5 Å². The Morgan fingerprint density at radius 3 is 2.64 bits per heavy atom. The molecule has 2 aliphatic heterocycles. The zero-order valence-corrected chi connectivity index (χ0v) is 13.9. The van der Waals surface area contributed by atoms with Crippen molar-refractivity contribution in [3.05, 3.63) is 36.2 Å². The minimum Gasteiger partial charge on any atom is -0.454 e. The number of ether oxygens (including phenoxy) is 2. The van der Waals surface area contributed by atoms with Crippen LogP contribution in [0.3, 0.4) is 0 Å². The third kappa shape index (κ3) is 3.65. The van der Waals surface area contributed by atoms with Crippen molar-refractivity contribution in [2.45, 2.75) is 25.7 Å². The molecular weight excluding hydrogens is 320 g/mol. The number of benzene rings is 1. The van der Waals surface area contributed by atoms with E-state index in [-0.39, 0.29) is 19.1 Å². The van der Waals surface area contributed by atoms with Crippen molar-refractivity contribution in [2.24, 2.45) is 0 Å². The van der Waals surface area contributed by atoms with Crippen LogP contribution in [-0.2, 0) is 11.2 Å². The molecule has 0 aliphatic carbocycles. The number of fused-ring (bicyclic) bond motifs is 1. The molecule has 2 aromatic rings. The van der Waals surface area contributed by atoms with Gasteiger partial charge in [0.25, 0.3) is 0 Å². The monoisotopic (exact) mass is 340 g/mol. The summed E-state index contributed by atoms with van der Waals surface area (Å²) in [7, 11) is 0. The average Bonchev–Trinajstić information content (AvgIpc) is 3.11. The first-order chi connectivity index (χ1) is 12.3. The quantitative estimate of drug-likeness (QED) is 0.921. The maximum Gasteiger partial charge on any atom is 0.231 e. The predicted molar refractivity (Wildman–Crippen MR) is 93.0 cm³/mol. The molecular formula is C18H20N4O3. The zero-order valence-electron chi connectivity index (χ0n) is 13.9. The Morgan fingerprint density at radius 1 is 1.08 bits per heavy atom. The van der Waals surface area contributed by atoms with Gasteiger partial charge in [0, 0.05) is 13.1 Å². The lowest BCUT2D eigenvalue weighted by Gasteiger charge is -2.26. The second-order valence-electron chi connectivity index (χ2n) is 6.23. The molecule has 0 radical (unpaired) electrons. The van der Waals surface area contributed by atoms with E-state index in [0.717, 1.165) is 24.6 Å². The summed E-state index contributed by atoms with van der Waals surface area (Å²) in [5.74, 6) is 2.01. The van der Waals surface area contributed by atoms with Gasteiger partial charge in [0.05, 0.1) is 24.5 Å². The van der Waals surface area contributed by atoms with Gasteiger partial charge in [-0.25, -0.2) is 9.97 Å². The summed E-state index contributed by atoms with van der Waals surface area (Å²) in [6.45, 7) is 2.22. The van der Waals surface area contributed by atoms with E-state index in [1.807, 2.05) is 18.2 Å². The Bertz CT molecular complexity index is 757. The smallest absolute Gasteiger partial charge is 0.231 e. The maximum atomic E-state index is 12.2. The van der Waals surface area contributed by atoms with E-state index >= 15 is 0 Å². The molecule has 1 fully saturated rings. The Hall–Kier alpha value is -2.83. The number of rotatable bonds is 4. The molecule has 25 heavy (non-hydrogen) atoms. The van der Waals surface area contributed by atoms with Crippen LogP contribution in [0.25, 0.3) is 0 Å². The highest BCUT2D eigenvalue weighted by atomic mass is 16.7. The fourth-order valence-electron chi connectivity index (χ4n) is 3.08. The highest BCUT2D eigenvalue weighted by molar-refractivity contribution is 5.92. The SMILES string of the molecule is O=C(Cc1ccc2c(c1)OCO2)Nc1cnc(N2CCCCC2)nc1. The summed E-state index contributed by atoms with van der Waals surface area (Å²) in [6.07, 6.45) is 7.20. The number of hydrogen-bond acceptors (Lipinski definition) is 6. The standard InChI is InChI=1S/C18H20N4O3/c23-17(9-13-4-5-15-16(8-13)25-12-24-15)21-14-10-19-18(20-11-14)22-6-2-1-3-7-22/h4-5,8,10-11H,1-3,6-7,9,12H2,(H,21,23). The largest absolute Gasteiger partial charge is 0.454 e. The van der Waals surface area contributed by atoms with Crippen LogP contribution in [0.5, 0.6) is 11.5 Å². The number of hydrogen-bond donors (Lipinski definition) is 1. The van der Waals surface area contributed by atoms with Crippen molar-refractivity contribution in [1.82, 2.24) is 9.97 Å². The van der Waals surface area contributed by atoms with Gasteiger partial charge in [0.15, 0.2) is 11.5 Å². The summed E-state index contributed by atoms with van der Waals surface area (Å²) in [5.41, 5.74) is 1.47. The van der Waals surface area contributed by atoms with Crippen LogP contribution in [0, 0.1) is 0 Å². The second-order valence-corrected chi connectivity index (χ2v) is 6.23. The summed E-state index contributed by atoms with van der Waals surface area (Å²) >= 11 is 0. The van der Waals surface area contributed by atoms with Gasteiger partial charge < -0.3 is 19.7 Å². The number of carbonyl (C=O) groups is 1. The van der Waals surface area contributed by atoms with Gasteiger partial charge in [-0.05, 0) is 37.0 Å². The van der Waals surface area contributed by atoms with Crippen LogP contribution in [-0.4, -0.2) is 35.8 Å². The lowest BCUT2D eigenvalue weighted by atomic mass is 10.1. The molecule has 130 valence electrons.